The van der Waals surface area contributed by atoms with Crippen molar-refractivity contribution >= 4 is 17.5 Å². The predicted molar refractivity (Wildman–Crippen MR) is 114 cm³/mol. The molecule has 0 bridgehead atoms. The maximum Gasteiger partial charge on any atom is 0.118 e. The second-order valence-electron chi connectivity index (χ2n) is 6.91. The topological polar surface area (TPSA) is 42.6 Å². The minimum absolute atomic E-state index is 0.156. The highest BCUT2D eigenvalue weighted by molar-refractivity contribution is 6.01. The third-order valence-corrected chi connectivity index (χ3v) is 5.18. The van der Waals surface area contributed by atoms with Crippen LogP contribution in [0.25, 0.3) is 6.08 Å². The van der Waals surface area contributed by atoms with Crippen molar-refractivity contribution in [3.8, 4) is 5.75 Å². The first-order chi connectivity index (χ1) is 13.7. The van der Waals surface area contributed by atoms with Gasteiger partial charge in [-0.2, -0.15) is 10.2 Å². The molecule has 3 aromatic rings. The lowest BCUT2D eigenvalue weighted by Gasteiger charge is -2.24. The van der Waals surface area contributed by atoms with Gasteiger partial charge in [-0.25, -0.2) is 0 Å². The van der Waals surface area contributed by atoms with Gasteiger partial charge in [-0.05, 0) is 48.9 Å². The number of para-hydroxylation sites is 1. The molecule has 2 heterocycles. The van der Waals surface area contributed by atoms with Crippen LogP contribution in [-0.2, 0) is 7.05 Å². The van der Waals surface area contributed by atoms with Gasteiger partial charge >= 0.3 is 0 Å². The highest BCUT2D eigenvalue weighted by Crippen LogP contribution is 2.36. The molecule has 0 saturated heterocycles. The summed E-state index contributed by atoms with van der Waals surface area (Å²) in [6.07, 6.45) is 6.93. The Kier molecular flexibility index (Phi) is 4.98. The maximum atomic E-state index is 5.30. The van der Waals surface area contributed by atoms with Gasteiger partial charge in [0.2, 0.25) is 0 Å². The number of aryl methyl sites for hydroxylation is 1. The third kappa shape index (κ3) is 3.56. The number of anilines is 1. The summed E-state index contributed by atoms with van der Waals surface area (Å²) in [5, 5.41) is 11.3. The molecule has 0 amide bonds. The van der Waals surface area contributed by atoms with Crippen LogP contribution in [0.1, 0.15) is 29.3 Å². The molecule has 4 rings (SSSR count). The fraction of sp³-hybridized carbons (Fsp3) is 0.217. The Morgan fingerprint density at radius 1 is 1.04 bits per heavy atom. The molecule has 1 aliphatic rings. The van der Waals surface area contributed by atoms with Crippen molar-refractivity contribution in [1.29, 1.82) is 0 Å². The van der Waals surface area contributed by atoms with Crippen LogP contribution in [0.2, 0.25) is 0 Å². The van der Waals surface area contributed by atoms with E-state index in [1.54, 1.807) is 7.11 Å². The zero-order valence-corrected chi connectivity index (χ0v) is 16.4. The van der Waals surface area contributed by atoms with Crippen LogP contribution in [-0.4, -0.2) is 22.6 Å². The monoisotopic (exact) mass is 372 g/mol. The first-order valence-corrected chi connectivity index (χ1v) is 9.38. The van der Waals surface area contributed by atoms with Gasteiger partial charge in [0.15, 0.2) is 0 Å². The first-order valence-electron chi connectivity index (χ1n) is 9.38. The molecule has 0 radical (unpaired) electrons. The zero-order valence-electron chi connectivity index (χ0n) is 16.4. The molecule has 1 aromatic heterocycles. The molecule has 5 nitrogen and oxygen atoms in total. The van der Waals surface area contributed by atoms with E-state index in [0.29, 0.717) is 0 Å². The second-order valence-corrected chi connectivity index (χ2v) is 6.91. The molecule has 28 heavy (non-hydrogen) atoms. The predicted octanol–water partition coefficient (Wildman–Crippen LogP) is 4.76. The van der Waals surface area contributed by atoms with Crippen molar-refractivity contribution < 1.29 is 4.74 Å². The van der Waals surface area contributed by atoms with E-state index in [0.717, 1.165) is 34.8 Å². The molecule has 0 spiro atoms. The number of hydrogen-bond acceptors (Lipinski definition) is 4. The second kappa shape index (κ2) is 7.72. The Labute approximate surface area is 165 Å². The quantitative estimate of drug-likeness (QED) is 0.649. The average molecular weight is 372 g/mol. The van der Waals surface area contributed by atoms with Crippen molar-refractivity contribution in [2.24, 2.45) is 12.1 Å². The maximum absolute atomic E-state index is 5.30. The van der Waals surface area contributed by atoms with Gasteiger partial charge in [0.05, 0.1) is 30.7 Å². The summed E-state index contributed by atoms with van der Waals surface area (Å²) in [5.74, 6) is 0.862. The first kappa shape index (κ1) is 18.0. The van der Waals surface area contributed by atoms with Crippen LogP contribution in [0.3, 0.4) is 0 Å². The van der Waals surface area contributed by atoms with Crippen molar-refractivity contribution in [2.75, 3.05) is 12.1 Å². The molecule has 0 N–H and O–H groups in total. The number of rotatable bonds is 5. The molecule has 0 unspecified atom stereocenters. The zero-order chi connectivity index (χ0) is 19.5. The molecule has 5 heteroatoms. The Bertz CT molecular complexity index is 1000. The molecule has 142 valence electrons. The molecule has 0 aliphatic carbocycles. The number of hydrazone groups is 1. The summed E-state index contributed by atoms with van der Waals surface area (Å²) in [7, 11) is 3.64. The van der Waals surface area contributed by atoms with E-state index in [4.69, 9.17) is 9.84 Å². The van der Waals surface area contributed by atoms with Crippen LogP contribution >= 0.6 is 0 Å². The molecule has 1 aliphatic heterocycles. The molecular formula is C23H24N4O. The number of hydrogen-bond donors (Lipinski definition) is 0. The SMILES string of the molecule is COc1ccc([C@@H]2CC(/C=C/c3cnn(C)c3C)=NN2c2ccccc2)cc1. The van der Waals surface area contributed by atoms with E-state index < -0.39 is 0 Å². The fourth-order valence-electron chi connectivity index (χ4n) is 3.40. The highest BCUT2D eigenvalue weighted by atomic mass is 16.5. The summed E-state index contributed by atoms with van der Waals surface area (Å²) < 4.78 is 7.19. The lowest BCUT2D eigenvalue weighted by atomic mass is 10.0. The minimum Gasteiger partial charge on any atom is -0.497 e. The Morgan fingerprint density at radius 2 is 1.79 bits per heavy atom. The van der Waals surface area contributed by atoms with Crippen molar-refractivity contribution in [3.05, 3.63) is 83.7 Å². The fourth-order valence-corrected chi connectivity index (χ4v) is 3.40. The molecule has 0 saturated carbocycles. The summed E-state index contributed by atoms with van der Waals surface area (Å²) >= 11 is 0. The van der Waals surface area contributed by atoms with E-state index in [-0.39, 0.29) is 6.04 Å². The van der Waals surface area contributed by atoms with Gasteiger partial charge in [-0.1, -0.05) is 30.3 Å². The van der Waals surface area contributed by atoms with E-state index >= 15 is 0 Å². The smallest absolute Gasteiger partial charge is 0.118 e. The summed E-state index contributed by atoms with van der Waals surface area (Å²) in [5.41, 5.74) is 5.61. The number of benzene rings is 2. The molecule has 0 fully saturated rings. The van der Waals surface area contributed by atoms with E-state index in [1.807, 2.05) is 48.3 Å². The van der Waals surface area contributed by atoms with Gasteiger partial charge in [-0.3, -0.25) is 9.69 Å². The number of methoxy groups -OCH3 is 1. The van der Waals surface area contributed by atoms with Crippen LogP contribution in [0.15, 0.2) is 72.0 Å². The number of allylic oxidation sites excluding steroid dienone is 1. The van der Waals surface area contributed by atoms with E-state index in [2.05, 4.69) is 53.4 Å². The Hall–Kier alpha value is -3.34. The Morgan fingerprint density at radius 3 is 2.43 bits per heavy atom. The highest BCUT2D eigenvalue weighted by Gasteiger charge is 2.28. The van der Waals surface area contributed by atoms with Crippen molar-refractivity contribution in [1.82, 2.24) is 9.78 Å². The van der Waals surface area contributed by atoms with Crippen LogP contribution in [0, 0.1) is 6.92 Å². The van der Waals surface area contributed by atoms with Gasteiger partial charge in [0, 0.05) is 24.7 Å². The lowest BCUT2D eigenvalue weighted by Crippen LogP contribution is -2.18. The summed E-state index contributed by atoms with van der Waals surface area (Å²) in [6.45, 7) is 2.07. The summed E-state index contributed by atoms with van der Waals surface area (Å²) in [6, 6.07) is 18.7. The summed E-state index contributed by atoms with van der Waals surface area (Å²) in [4.78, 5) is 0. The lowest BCUT2D eigenvalue weighted by molar-refractivity contribution is 0.414. The van der Waals surface area contributed by atoms with Crippen molar-refractivity contribution in [3.63, 3.8) is 0 Å². The van der Waals surface area contributed by atoms with Gasteiger partial charge < -0.3 is 4.74 Å². The largest absolute Gasteiger partial charge is 0.497 e. The van der Waals surface area contributed by atoms with E-state index in [1.165, 1.54) is 5.56 Å². The molecular weight excluding hydrogens is 348 g/mol. The van der Waals surface area contributed by atoms with E-state index in [9.17, 15) is 0 Å². The Balaban J connectivity index is 1.64. The molecule has 1 atom stereocenters. The van der Waals surface area contributed by atoms with Gasteiger partial charge in [-0.15, -0.1) is 0 Å². The van der Waals surface area contributed by atoms with Crippen LogP contribution in [0.4, 0.5) is 5.69 Å². The van der Waals surface area contributed by atoms with Crippen LogP contribution < -0.4 is 9.75 Å². The normalized spacial score (nSPS) is 16.6. The minimum atomic E-state index is 0.156. The van der Waals surface area contributed by atoms with Gasteiger partial charge in [0.25, 0.3) is 0 Å². The standard InChI is InChI=1S/C23H24N4O/c1-17-19(16-24-26(17)2)9-12-20-15-23(18-10-13-22(28-3)14-11-18)27(25-20)21-7-5-4-6-8-21/h4-14,16,23H,15H2,1-3H3/b12-9+/t23-/m0/s1. The molecule has 2 aromatic carbocycles. The third-order valence-electron chi connectivity index (χ3n) is 5.18. The van der Waals surface area contributed by atoms with Crippen LogP contribution in [0.5, 0.6) is 5.75 Å². The van der Waals surface area contributed by atoms with Gasteiger partial charge in [0.1, 0.15) is 5.75 Å². The number of nitrogens with zero attached hydrogens (tertiary/aromatic N) is 4. The number of ether oxygens (including phenoxy) is 1. The van der Waals surface area contributed by atoms with Crippen molar-refractivity contribution in [2.45, 2.75) is 19.4 Å². The number of aromatic nitrogens is 2. The average Bonchev–Trinajstić information content (AvgIpc) is 3.31.